The van der Waals surface area contributed by atoms with Crippen LogP contribution in [-0.2, 0) is 27.3 Å². The summed E-state index contributed by atoms with van der Waals surface area (Å²) in [5, 5.41) is 3.83. The molecule has 7 nitrogen and oxygen atoms in total. The number of hydrogen-bond acceptors (Lipinski definition) is 5. The van der Waals surface area contributed by atoms with Crippen LogP contribution in [0.25, 0.3) is 0 Å². The first-order valence-corrected chi connectivity index (χ1v) is 13.1. The van der Waals surface area contributed by atoms with E-state index in [0.717, 1.165) is 11.1 Å². The number of hydrogen-bond donors (Lipinski definition) is 1. The molecule has 1 heterocycles. The molecule has 9 heteroatoms. The van der Waals surface area contributed by atoms with E-state index in [4.69, 9.17) is 28.6 Å². The number of halogens is 1. The van der Waals surface area contributed by atoms with Crippen LogP contribution in [0.2, 0.25) is 5.02 Å². The molecule has 1 saturated heterocycles. The van der Waals surface area contributed by atoms with E-state index in [1.54, 1.807) is 53.1 Å². The van der Waals surface area contributed by atoms with Crippen molar-refractivity contribution in [1.82, 2.24) is 9.80 Å². The van der Waals surface area contributed by atoms with E-state index in [9.17, 15) is 14.4 Å². The van der Waals surface area contributed by atoms with Gasteiger partial charge in [-0.2, -0.15) is 0 Å². The van der Waals surface area contributed by atoms with Crippen molar-refractivity contribution < 1.29 is 19.1 Å². The number of carbonyl (C=O) groups excluding carboxylic acids is 3. The monoisotopic (exact) mass is 549 g/mol. The molecule has 0 aliphatic carbocycles. The first-order chi connectivity index (χ1) is 18.4. The quantitative estimate of drug-likeness (QED) is 0.280. The van der Waals surface area contributed by atoms with Crippen LogP contribution >= 0.6 is 23.8 Å². The van der Waals surface area contributed by atoms with Gasteiger partial charge in [-0.15, -0.1) is 0 Å². The molecule has 0 bridgehead atoms. The second-order valence-electron chi connectivity index (χ2n) is 8.83. The number of benzene rings is 3. The van der Waals surface area contributed by atoms with E-state index in [-0.39, 0.29) is 24.8 Å². The largest absolute Gasteiger partial charge is 0.462 e. The fourth-order valence-electron chi connectivity index (χ4n) is 4.24. The molecule has 3 aromatic rings. The molecule has 1 N–H and O–H groups in total. The van der Waals surface area contributed by atoms with Gasteiger partial charge in [0.2, 0.25) is 5.91 Å². The van der Waals surface area contributed by atoms with Crippen molar-refractivity contribution in [2.45, 2.75) is 32.4 Å². The highest BCUT2D eigenvalue weighted by molar-refractivity contribution is 7.80. The number of anilines is 1. The molecule has 1 unspecified atom stereocenters. The predicted octanol–water partition coefficient (Wildman–Crippen LogP) is 5.09. The maximum Gasteiger partial charge on any atom is 0.338 e. The Balaban J connectivity index is 1.47. The molecule has 0 saturated carbocycles. The SMILES string of the molecule is CCOC(=O)c1ccc(NC(=O)CC2C(=O)N(CCc3ccccc3)C(=S)N2Cc2ccc(Cl)cc2)cc1. The van der Waals surface area contributed by atoms with E-state index < -0.39 is 12.0 Å². The number of thiocarbonyl (C=S) groups is 1. The van der Waals surface area contributed by atoms with Gasteiger partial charge < -0.3 is 15.0 Å². The van der Waals surface area contributed by atoms with Gasteiger partial charge in [-0.3, -0.25) is 14.5 Å². The molecule has 38 heavy (non-hydrogen) atoms. The fourth-order valence-corrected chi connectivity index (χ4v) is 4.74. The Morgan fingerprint density at radius 3 is 2.32 bits per heavy atom. The number of carbonyl (C=O) groups is 3. The third kappa shape index (κ3) is 6.76. The van der Waals surface area contributed by atoms with Crippen LogP contribution in [0.3, 0.4) is 0 Å². The van der Waals surface area contributed by atoms with E-state index >= 15 is 0 Å². The lowest BCUT2D eigenvalue weighted by Crippen LogP contribution is -2.37. The smallest absolute Gasteiger partial charge is 0.338 e. The van der Waals surface area contributed by atoms with E-state index in [0.29, 0.717) is 40.9 Å². The molecule has 0 spiro atoms. The highest BCUT2D eigenvalue weighted by Crippen LogP contribution is 2.25. The van der Waals surface area contributed by atoms with Crippen LogP contribution in [0, 0.1) is 0 Å². The van der Waals surface area contributed by atoms with Crippen LogP contribution in [0.4, 0.5) is 5.69 Å². The van der Waals surface area contributed by atoms with Gasteiger partial charge >= 0.3 is 5.97 Å². The summed E-state index contributed by atoms with van der Waals surface area (Å²) in [7, 11) is 0. The van der Waals surface area contributed by atoms with Crippen LogP contribution < -0.4 is 5.32 Å². The predicted molar refractivity (Wildman–Crippen MR) is 151 cm³/mol. The van der Waals surface area contributed by atoms with Crippen molar-refractivity contribution >= 4 is 52.4 Å². The molecule has 196 valence electrons. The van der Waals surface area contributed by atoms with Gasteiger partial charge in [0, 0.05) is 23.8 Å². The van der Waals surface area contributed by atoms with Gasteiger partial charge in [-0.25, -0.2) is 4.79 Å². The van der Waals surface area contributed by atoms with Gasteiger partial charge in [0.15, 0.2) is 5.11 Å². The normalized spacial score (nSPS) is 15.1. The molecular formula is C29H28ClN3O4S. The molecule has 1 atom stereocenters. The van der Waals surface area contributed by atoms with Crippen molar-refractivity contribution in [3.05, 3.63) is 101 Å². The molecule has 0 radical (unpaired) electrons. The van der Waals surface area contributed by atoms with Crippen LogP contribution in [0.15, 0.2) is 78.9 Å². The summed E-state index contributed by atoms with van der Waals surface area (Å²) in [6.07, 6.45) is 0.571. The second-order valence-corrected chi connectivity index (χ2v) is 9.63. The second kappa shape index (κ2) is 12.7. The Labute approximate surface area is 232 Å². The minimum Gasteiger partial charge on any atom is -0.462 e. The summed E-state index contributed by atoms with van der Waals surface area (Å²) in [5.74, 6) is -0.961. The van der Waals surface area contributed by atoms with Crippen LogP contribution in [0.5, 0.6) is 0 Å². The lowest BCUT2D eigenvalue weighted by Gasteiger charge is -2.24. The molecule has 1 fully saturated rings. The summed E-state index contributed by atoms with van der Waals surface area (Å²) in [6.45, 7) is 2.81. The molecule has 2 amide bonds. The van der Waals surface area contributed by atoms with Gasteiger partial charge in [0.05, 0.1) is 18.6 Å². The van der Waals surface area contributed by atoms with E-state index in [2.05, 4.69) is 5.32 Å². The van der Waals surface area contributed by atoms with Crippen molar-refractivity contribution in [1.29, 1.82) is 0 Å². The number of amides is 2. The first-order valence-electron chi connectivity index (χ1n) is 12.3. The summed E-state index contributed by atoms with van der Waals surface area (Å²) >= 11 is 11.8. The fraction of sp³-hybridized carbons (Fsp3) is 0.241. The highest BCUT2D eigenvalue weighted by atomic mass is 35.5. The Morgan fingerprint density at radius 1 is 0.974 bits per heavy atom. The summed E-state index contributed by atoms with van der Waals surface area (Å²) in [6, 6.07) is 22.9. The first kappa shape index (κ1) is 27.3. The zero-order valence-electron chi connectivity index (χ0n) is 20.9. The van der Waals surface area contributed by atoms with Crippen LogP contribution in [-0.4, -0.2) is 51.9 Å². The summed E-state index contributed by atoms with van der Waals surface area (Å²) < 4.78 is 4.99. The maximum absolute atomic E-state index is 13.5. The molecular weight excluding hydrogens is 522 g/mol. The molecule has 0 aromatic heterocycles. The third-order valence-electron chi connectivity index (χ3n) is 6.20. The maximum atomic E-state index is 13.5. The van der Waals surface area contributed by atoms with Crippen LogP contribution in [0.1, 0.15) is 34.8 Å². The Bertz CT molecular complexity index is 1300. The Kier molecular flexibility index (Phi) is 9.10. The summed E-state index contributed by atoms with van der Waals surface area (Å²) in [5.41, 5.74) is 2.93. The van der Waals surface area contributed by atoms with Crippen molar-refractivity contribution in [3.8, 4) is 0 Å². The minimum absolute atomic E-state index is 0.0754. The number of ether oxygens (including phenoxy) is 1. The topological polar surface area (TPSA) is 78.9 Å². The average Bonchev–Trinajstić information content (AvgIpc) is 3.13. The standard InChI is InChI=1S/C29H28ClN3O4S/c1-2-37-28(36)22-10-14-24(15-11-22)31-26(34)18-25-27(35)32(17-16-20-6-4-3-5-7-20)29(38)33(25)19-21-8-12-23(30)13-9-21/h3-15,25H,2,16-19H2,1H3,(H,31,34). The van der Waals surface area contributed by atoms with Gasteiger partial charge in [0.1, 0.15) is 6.04 Å². The van der Waals surface area contributed by atoms with E-state index in [1.165, 1.54) is 0 Å². The lowest BCUT2D eigenvalue weighted by atomic mass is 10.1. The van der Waals surface area contributed by atoms with Gasteiger partial charge in [-0.1, -0.05) is 54.1 Å². The molecule has 1 aliphatic heterocycles. The zero-order valence-corrected chi connectivity index (χ0v) is 22.5. The third-order valence-corrected chi connectivity index (χ3v) is 6.90. The number of nitrogens with one attached hydrogen (secondary N) is 1. The molecule has 3 aromatic carbocycles. The molecule has 4 rings (SSSR count). The Morgan fingerprint density at radius 2 is 1.66 bits per heavy atom. The van der Waals surface area contributed by atoms with Crippen molar-refractivity contribution in [2.75, 3.05) is 18.5 Å². The number of rotatable bonds is 10. The van der Waals surface area contributed by atoms with Gasteiger partial charge in [0.25, 0.3) is 5.91 Å². The van der Waals surface area contributed by atoms with Crippen molar-refractivity contribution in [2.24, 2.45) is 0 Å². The number of esters is 1. The highest BCUT2D eigenvalue weighted by Gasteiger charge is 2.43. The zero-order chi connectivity index (χ0) is 27.1. The average molecular weight is 550 g/mol. The lowest BCUT2D eigenvalue weighted by molar-refractivity contribution is -0.130. The van der Waals surface area contributed by atoms with E-state index in [1.807, 2.05) is 42.5 Å². The minimum atomic E-state index is -0.743. The number of nitrogens with zero attached hydrogens (tertiary/aromatic N) is 2. The summed E-state index contributed by atoms with van der Waals surface area (Å²) in [4.78, 5) is 41.8. The van der Waals surface area contributed by atoms with Crippen molar-refractivity contribution in [3.63, 3.8) is 0 Å². The molecule has 1 aliphatic rings. The Hall–Kier alpha value is -3.75. The van der Waals surface area contributed by atoms with Gasteiger partial charge in [-0.05, 0) is 73.1 Å².